The van der Waals surface area contributed by atoms with Crippen molar-refractivity contribution in [2.75, 3.05) is 7.11 Å². The lowest BCUT2D eigenvalue weighted by Gasteiger charge is -2.30. The number of methoxy groups -OCH3 is 1. The van der Waals surface area contributed by atoms with Crippen LogP contribution in [0.3, 0.4) is 0 Å². The normalized spacial score (nSPS) is 22.8. The van der Waals surface area contributed by atoms with Crippen LogP contribution >= 0.6 is 0 Å². The van der Waals surface area contributed by atoms with Crippen LogP contribution in [-0.2, 0) is 13.2 Å². The van der Waals surface area contributed by atoms with Gasteiger partial charge in [0.05, 0.1) is 23.9 Å². The van der Waals surface area contributed by atoms with Crippen LogP contribution in [0.5, 0.6) is 5.75 Å². The molecule has 2 saturated carbocycles. The summed E-state index contributed by atoms with van der Waals surface area (Å²) in [4.78, 5) is 26.3. The number of halogens is 4. The van der Waals surface area contributed by atoms with Gasteiger partial charge in [-0.25, -0.2) is 4.39 Å². The number of hydrogen-bond acceptors (Lipinski definition) is 3. The number of rotatable bonds is 5. The van der Waals surface area contributed by atoms with E-state index in [1.807, 2.05) is 18.2 Å². The van der Waals surface area contributed by atoms with E-state index in [1.165, 1.54) is 25.8 Å². The van der Waals surface area contributed by atoms with Gasteiger partial charge in [-0.1, -0.05) is 30.3 Å². The number of pyridine rings is 1. The van der Waals surface area contributed by atoms with Gasteiger partial charge in [0.25, 0.3) is 11.5 Å². The van der Waals surface area contributed by atoms with Crippen LogP contribution in [0.25, 0.3) is 11.3 Å². The molecule has 0 saturated heterocycles. The molecule has 5 rings (SSSR count). The fraction of sp³-hybridized carbons (Fsp3) is 0.379. The van der Waals surface area contributed by atoms with Crippen LogP contribution in [0.2, 0.25) is 0 Å². The monoisotopic (exact) mass is 528 g/mol. The van der Waals surface area contributed by atoms with Crippen molar-refractivity contribution in [3.05, 3.63) is 87.5 Å². The first-order chi connectivity index (χ1) is 18.0. The first kappa shape index (κ1) is 26.0. The van der Waals surface area contributed by atoms with Crippen LogP contribution in [0.15, 0.2) is 59.4 Å². The van der Waals surface area contributed by atoms with Crippen molar-refractivity contribution in [3.8, 4) is 17.0 Å². The van der Waals surface area contributed by atoms with Crippen molar-refractivity contribution in [2.45, 2.75) is 50.2 Å². The number of aromatic nitrogens is 1. The second-order valence-electron chi connectivity index (χ2n) is 10.3. The highest BCUT2D eigenvalue weighted by atomic mass is 19.4. The van der Waals surface area contributed by atoms with Gasteiger partial charge in [-0.3, -0.25) is 9.59 Å². The van der Waals surface area contributed by atoms with E-state index >= 15 is 0 Å². The lowest BCUT2D eigenvalue weighted by atomic mass is 9.76. The van der Waals surface area contributed by atoms with E-state index in [2.05, 4.69) is 17.4 Å². The molecule has 1 spiro atoms. The number of ether oxygens (including phenoxy) is 1. The molecule has 38 heavy (non-hydrogen) atoms. The third-order valence-corrected chi connectivity index (χ3v) is 8.10. The number of amides is 1. The standard InChI is InChI=1S/C29H28F4N2O3/c1-35-23(19-12-20(29(31,32)33)14-21(30)13-19)15-22(25(38-2)27(35)37)26(36)34-24-16-28(24)10-8-18(9-11-28)17-6-4-3-5-7-17/h3-7,12-15,18,24H,8-11,16H2,1-2H3,(H,34,36). The Kier molecular flexibility index (Phi) is 6.57. The lowest BCUT2D eigenvalue weighted by Crippen LogP contribution is -2.33. The average molecular weight is 529 g/mol. The van der Waals surface area contributed by atoms with Gasteiger partial charge in [-0.2, -0.15) is 13.2 Å². The summed E-state index contributed by atoms with van der Waals surface area (Å²) in [6.07, 6.45) is 0.0505. The van der Waals surface area contributed by atoms with E-state index in [-0.39, 0.29) is 34.0 Å². The molecule has 2 aliphatic rings. The number of carbonyl (C=O) groups excluding carboxylic acids is 1. The highest BCUT2D eigenvalue weighted by Gasteiger charge is 2.55. The summed E-state index contributed by atoms with van der Waals surface area (Å²) in [5.74, 6) is -1.37. The maximum Gasteiger partial charge on any atom is 0.416 e. The van der Waals surface area contributed by atoms with Gasteiger partial charge in [-0.05, 0) is 73.3 Å². The first-order valence-electron chi connectivity index (χ1n) is 12.5. The van der Waals surface area contributed by atoms with E-state index in [0.29, 0.717) is 12.0 Å². The van der Waals surface area contributed by atoms with Crippen molar-refractivity contribution in [3.63, 3.8) is 0 Å². The predicted octanol–water partition coefficient (Wildman–Crippen LogP) is 6.07. The van der Waals surface area contributed by atoms with E-state index < -0.39 is 29.0 Å². The first-order valence-corrected chi connectivity index (χ1v) is 12.5. The maximum absolute atomic E-state index is 14.1. The summed E-state index contributed by atoms with van der Waals surface area (Å²) >= 11 is 0. The smallest absolute Gasteiger partial charge is 0.416 e. The molecule has 3 aromatic rings. The average Bonchev–Trinajstić information content (AvgIpc) is 3.55. The second kappa shape index (κ2) is 9.60. The number of hydrogen-bond donors (Lipinski definition) is 1. The number of carbonyl (C=O) groups is 1. The van der Waals surface area contributed by atoms with E-state index in [0.717, 1.165) is 48.8 Å². The Morgan fingerprint density at radius 2 is 1.76 bits per heavy atom. The Morgan fingerprint density at radius 3 is 2.39 bits per heavy atom. The Balaban J connectivity index is 1.38. The molecule has 1 unspecified atom stereocenters. The molecule has 1 atom stereocenters. The minimum atomic E-state index is -4.78. The predicted molar refractivity (Wildman–Crippen MR) is 135 cm³/mol. The van der Waals surface area contributed by atoms with Gasteiger partial charge in [0, 0.05) is 18.7 Å². The summed E-state index contributed by atoms with van der Waals surface area (Å²) < 4.78 is 60.3. The van der Waals surface area contributed by atoms with Gasteiger partial charge in [0.1, 0.15) is 5.82 Å². The summed E-state index contributed by atoms with van der Waals surface area (Å²) in [5, 5.41) is 3.01. The molecule has 200 valence electrons. The molecular formula is C29H28F4N2O3. The molecule has 0 radical (unpaired) electrons. The van der Waals surface area contributed by atoms with Crippen molar-refractivity contribution < 1.29 is 27.1 Å². The minimum absolute atomic E-state index is 0.0148. The van der Waals surface area contributed by atoms with E-state index in [4.69, 9.17) is 4.74 Å². The second-order valence-corrected chi connectivity index (χ2v) is 10.3. The van der Waals surface area contributed by atoms with Gasteiger partial charge >= 0.3 is 6.18 Å². The van der Waals surface area contributed by atoms with Crippen LogP contribution in [0.1, 0.15) is 59.5 Å². The Labute approximate surface area is 217 Å². The fourth-order valence-electron chi connectivity index (χ4n) is 5.81. The molecule has 0 bridgehead atoms. The Morgan fingerprint density at radius 1 is 1.08 bits per heavy atom. The molecule has 1 amide bonds. The van der Waals surface area contributed by atoms with Crippen molar-refractivity contribution in [1.82, 2.24) is 9.88 Å². The summed E-state index contributed by atoms with van der Waals surface area (Å²) in [6.45, 7) is 0. The third kappa shape index (κ3) is 4.81. The van der Waals surface area contributed by atoms with E-state index in [1.54, 1.807) is 0 Å². The molecule has 2 aromatic carbocycles. The Bertz CT molecular complexity index is 1420. The molecular weight excluding hydrogens is 500 g/mol. The van der Waals surface area contributed by atoms with Gasteiger partial charge < -0.3 is 14.6 Å². The summed E-state index contributed by atoms with van der Waals surface area (Å²) in [7, 11) is 2.59. The van der Waals surface area contributed by atoms with Crippen molar-refractivity contribution in [1.29, 1.82) is 0 Å². The van der Waals surface area contributed by atoms with Crippen LogP contribution < -0.4 is 15.6 Å². The van der Waals surface area contributed by atoms with Crippen molar-refractivity contribution in [2.24, 2.45) is 12.5 Å². The third-order valence-electron chi connectivity index (χ3n) is 8.10. The zero-order chi connectivity index (χ0) is 27.2. The molecule has 5 nitrogen and oxygen atoms in total. The molecule has 1 heterocycles. The summed E-state index contributed by atoms with van der Waals surface area (Å²) in [6, 6.07) is 13.6. The molecule has 0 aliphatic heterocycles. The van der Waals surface area contributed by atoms with Crippen LogP contribution in [0.4, 0.5) is 17.6 Å². The molecule has 1 aromatic heterocycles. The Hall–Kier alpha value is -3.62. The van der Waals surface area contributed by atoms with Crippen LogP contribution in [-0.4, -0.2) is 23.6 Å². The largest absolute Gasteiger partial charge is 0.491 e. The SMILES string of the molecule is COc1c(C(=O)NC2CC23CCC(c2ccccc2)CC3)cc(-c2cc(F)cc(C(F)(F)F)c2)n(C)c1=O. The quantitative estimate of drug-likeness (QED) is 0.410. The van der Waals surface area contributed by atoms with Gasteiger partial charge in [-0.15, -0.1) is 0 Å². The molecule has 9 heteroatoms. The van der Waals surface area contributed by atoms with Gasteiger partial charge in [0.2, 0.25) is 0 Å². The minimum Gasteiger partial charge on any atom is -0.491 e. The van der Waals surface area contributed by atoms with E-state index in [9.17, 15) is 27.2 Å². The zero-order valence-electron chi connectivity index (χ0n) is 21.1. The summed E-state index contributed by atoms with van der Waals surface area (Å²) in [5.41, 5.74) is -0.846. The zero-order valence-corrected chi connectivity index (χ0v) is 21.1. The topological polar surface area (TPSA) is 60.3 Å². The fourth-order valence-corrected chi connectivity index (χ4v) is 5.81. The highest BCUT2D eigenvalue weighted by Crippen LogP contribution is 2.58. The molecule has 1 N–H and O–H groups in total. The van der Waals surface area contributed by atoms with Crippen molar-refractivity contribution >= 4 is 5.91 Å². The molecule has 2 fully saturated rings. The van der Waals surface area contributed by atoms with Gasteiger partial charge in [0.15, 0.2) is 5.75 Å². The van der Waals surface area contributed by atoms with Crippen LogP contribution in [0, 0.1) is 11.2 Å². The lowest BCUT2D eigenvalue weighted by molar-refractivity contribution is -0.137. The maximum atomic E-state index is 14.1. The highest BCUT2D eigenvalue weighted by molar-refractivity contribution is 5.98. The number of nitrogens with one attached hydrogen (secondary N) is 1. The molecule has 2 aliphatic carbocycles. The number of alkyl halides is 3. The number of nitrogens with zero attached hydrogens (tertiary/aromatic N) is 1. The number of benzene rings is 2.